The number of nitrogens with zero attached hydrogens (tertiary/aromatic N) is 2. The summed E-state index contributed by atoms with van der Waals surface area (Å²) in [5.74, 6) is 5.00. The van der Waals surface area contributed by atoms with Crippen LogP contribution in [-0.4, -0.2) is 22.1 Å². The summed E-state index contributed by atoms with van der Waals surface area (Å²) in [4.78, 5) is 9.08. The zero-order chi connectivity index (χ0) is 15.3. The molecule has 1 aromatic heterocycles. The lowest BCUT2D eigenvalue weighted by Crippen LogP contribution is -2.27. The predicted molar refractivity (Wildman–Crippen MR) is 83.2 cm³/mol. The van der Waals surface area contributed by atoms with E-state index in [1.807, 2.05) is 20.8 Å². The summed E-state index contributed by atoms with van der Waals surface area (Å²) in [6, 6.07) is 0. The van der Waals surface area contributed by atoms with Crippen LogP contribution in [0.5, 0.6) is 5.88 Å². The minimum Gasteiger partial charge on any atom is -0.458 e. The quantitative estimate of drug-likeness (QED) is 0.807. The lowest BCUT2D eigenvalue weighted by atomic mass is 10.1. The number of anilines is 1. The van der Waals surface area contributed by atoms with Crippen LogP contribution in [-0.2, 0) is 0 Å². The van der Waals surface area contributed by atoms with Gasteiger partial charge in [-0.25, -0.2) is 4.98 Å². The van der Waals surface area contributed by atoms with Gasteiger partial charge in [0.15, 0.2) is 5.60 Å². The van der Waals surface area contributed by atoms with Crippen LogP contribution in [0.4, 0.5) is 5.82 Å². The summed E-state index contributed by atoms with van der Waals surface area (Å²) in [6.07, 6.45) is 6.52. The Hall–Kier alpha value is -1.76. The molecule has 0 saturated heterocycles. The standard InChI is InChI=1S/C16H25N3O/c1-8-10-17-14-12(5)15(20-16(6,7)9-2)19-13(18-14)11(3)4/h2,11H,8,10H2,1,3-7H3,(H,17,18,19). The first-order valence-electron chi connectivity index (χ1n) is 7.10. The van der Waals surface area contributed by atoms with Crippen molar-refractivity contribution in [1.82, 2.24) is 9.97 Å². The second-order valence-electron chi connectivity index (χ2n) is 5.70. The van der Waals surface area contributed by atoms with Crippen molar-refractivity contribution in [2.75, 3.05) is 11.9 Å². The average molecular weight is 275 g/mol. The summed E-state index contributed by atoms with van der Waals surface area (Å²) >= 11 is 0. The van der Waals surface area contributed by atoms with Crippen molar-refractivity contribution in [3.05, 3.63) is 11.4 Å². The highest BCUT2D eigenvalue weighted by atomic mass is 16.5. The highest BCUT2D eigenvalue weighted by Crippen LogP contribution is 2.27. The van der Waals surface area contributed by atoms with E-state index in [9.17, 15) is 0 Å². The van der Waals surface area contributed by atoms with Gasteiger partial charge in [-0.1, -0.05) is 26.7 Å². The highest BCUT2D eigenvalue weighted by Gasteiger charge is 2.21. The Balaban J connectivity index is 3.21. The molecular formula is C16H25N3O. The van der Waals surface area contributed by atoms with Crippen LogP contribution in [0.2, 0.25) is 0 Å². The summed E-state index contributed by atoms with van der Waals surface area (Å²) in [5.41, 5.74) is 0.209. The van der Waals surface area contributed by atoms with Crippen molar-refractivity contribution in [2.24, 2.45) is 0 Å². The molecule has 1 rings (SSSR count). The molecule has 0 aromatic carbocycles. The first-order valence-corrected chi connectivity index (χ1v) is 7.10. The highest BCUT2D eigenvalue weighted by molar-refractivity contribution is 5.49. The van der Waals surface area contributed by atoms with Gasteiger partial charge in [-0.2, -0.15) is 4.98 Å². The van der Waals surface area contributed by atoms with Crippen LogP contribution in [0, 0.1) is 19.3 Å². The lowest BCUT2D eigenvalue weighted by Gasteiger charge is -2.22. The molecule has 0 amide bonds. The van der Waals surface area contributed by atoms with Gasteiger partial charge in [-0.3, -0.25) is 0 Å². The second-order valence-corrected chi connectivity index (χ2v) is 5.70. The zero-order valence-corrected chi connectivity index (χ0v) is 13.4. The van der Waals surface area contributed by atoms with Gasteiger partial charge in [0.05, 0.1) is 5.56 Å². The Morgan fingerprint density at radius 3 is 2.50 bits per heavy atom. The minimum absolute atomic E-state index is 0.231. The Bertz CT molecular complexity index is 501. The number of ether oxygens (including phenoxy) is 1. The molecule has 1 N–H and O–H groups in total. The van der Waals surface area contributed by atoms with Crippen molar-refractivity contribution in [2.45, 2.75) is 59.5 Å². The topological polar surface area (TPSA) is 47.0 Å². The molecule has 0 unspecified atom stereocenters. The smallest absolute Gasteiger partial charge is 0.223 e. The Morgan fingerprint density at radius 1 is 1.35 bits per heavy atom. The van der Waals surface area contributed by atoms with E-state index in [1.54, 1.807) is 0 Å². The number of nitrogens with one attached hydrogen (secondary N) is 1. The van der Waals surface area contributed by atoms with Crippen LogP contribution >= 0.6 is 0 Å². The number of hydrogen-bond donors (Lipinski definition) is 1. The zero-order valence-electron chi connectivity index (χ0n) is 13.4. The molecule has 20 heavy (non-hydrogen) atoms. The van der Waals surface area contributed by atoms with Gasteiger partial charge in [-0.15, -0.1) is 6.42 Å². The van der Waals surface area contributed by atoms with Crippen LogP contribution in [0.25, 0.3) is 0 Å². The van der Waals surface area contributed by atoms with E-state index in [2.05, 4.69) is 42.0 Å². The van der Waals surface area contributed by atoms with Gasteiger partial charge in [0.25, 0.3) is 0 Å². The Labute approximate surface area is 122 Å². The Morgan fingerprint density at radius 2 is 2.00 bits per heavy atom. The maximum atomic E-state index is 5.87. The molecule has 0 fully saturated rings. The van der Waals surface area contributed by atoms with E-state index in [0.717, 1.165) is 30.2 Å². The molecule has 0 bridgehead atoms. The third-order valence-corrected chi connectivity index (χ3v) is 2.88. The van der Waals surface area contributed by atoms with Crippen LogP contribution < -0.4 is 10.1 Å². The molecule has 0 atom stereocenters. The van der Waals surface area contributed by atoms with Crippen molar-refractivity contribution in [3.8, 4) is 18.2 Å². The van der Waals surface area contributed by atoms with E-state index in [1.165, 1.54) is 0 Å². The second kappa shape index (κ2) is 6.60. The van der Waals surface area contributed by atoms with E-state index in [0.29, 0.717) is 5.88 Å². The van der Waals surface area contributed by atoms with E-state index < -0.39 is 5.60 Å². The summed E-state index contributed by atoms with van der Waals surface area (Å²) < 4.78 is 5.87. The first kappa shape index (κ1) is 16.3. The lowest BCUT2D eigenvalue weighted by molar-refractivity contribution is 0.162. The molecule has 110 valence electrons. The summed E-state index contributed by atoms with van der Waals surface area (Å²) in [6.45, 7) is 12.8. The average Bonchev–Trinajstić information content (AvgIpc) is 2.39. The fourth-order valence-corrected chi connectivity index (χ4v) is 1.56. The van der Waals surface area contributed by atoms with Crippen molar-refractivity contribution >= 4 is 5.82 Å². The predicted octanol–water partition coefficient (Wildman–Crippen LogP) is 3.52. The van der Waals surface area contributed by atoms with Gasteiger partial charge < -0.3 is 10.1 Å². The molecule has 4 nitrogen and oxygen atoms in total. The fraction of sp³-hybridized carbons (Fsp3) is 0.625. The normalized spacial score (nSPS) is 11.3. The molecule has 0 radical (unpaired) electrons. The minimum atomic E-state index is -0.685. The fourth-order valence-electron chi connectivity index (χ4n) is 1.56. The van der Waals surface area contributed by atoms with E-state index in [-0.39, 0.29) is 5.92 Å². The van der Waals surface area contributed by atoms with Crippen molar-refractivity contribution in [1.29, 1.82) is 0 Å². The van der Waals surface area contributed by atoms with Crippen molar-refractivity contribution < 1.29 is 4.74 Å². The Kier molecular flexibility index (Phi) is 5.38. The maximum absolute atomic E-state index is 5.87. The van der Waals surface area contributed by atoms with Gasteiger partial charge in [0.2, 0.25) is 5.88 Å². The third-order valence-electron chi connectivity index (χ3n) is 2.88. The van der Waals surface area contributed by atoms with Crippen molar-refractivity contribution in [3.63, 3.8) is 0 Å². The van der Waals surface area contributed by atoms with E-state index in [4.69, 9.17) is 11.2 Å². The maximum Gasteiger partial charge on any atom is 0.223 e. The molecule has 4 heteroatoms. The van der Waals surface area contributed by atoms with Crippen LogP contribution in [0.1, 0.15) is 58.3 Å². The number of rotatable bonds is 6. The summed E-state index contributed by atoms with van der Waals surface area (Å²) in [7, 11) is 0. The van der Waals surface area contributed by atoms with Crippen LogP contribution in [0.15, 0.2) is 0 Å². The molecule has 0 saturated carbocycles. The first-order chi connectivity index (χ1) is 9.30. The van der Waals surface area contributed by atoms with Crippen LogP contribution in [0.3, 0.4) is 0 Å². The molecule has 0 aliphatic rings. The SMILES string of the molecule is C#CC(C)(C)Oc1nc(C(C)C)nc(NCCC)c1C. The number of terminal acetylenes is 1. The van der Waals surface area contributed by atoms with Gasteiger partial charge >= 0.3 is 0 Å². The molecular weight excluding hydrogens is 250 g/mol. The summed E-state index contributed by atoms with van der Waals surface area (Å²) in [5, 5.41) is 3.32. The number of aromatic nitrogens is 2. The molecule has 0 aliphatic heterocycles. The molecule has 1 heterocycles. The molecule has 1 aromatic rings. The van der Waals surface area contributed by atoms with Gasteiger partial charge in [0, 0.05) is 12.5 Å². The number of hydrogen-bond acceptors (Lipinski definition) is 4. The monoisotopic (exact) mass is 275 g/mol. The largest absolute Gasteiger partial charge is 0.458 e. The molecule has 0 spiro atoms. The van der Waals surface area contributed by atoms with Gasteiger partial charge in [-0.05, 0) is 27.2 Å². The third kappa shape index (κ3) is 4.12. The van der Waals surface area contributed by atoms with Gasteiger partial charge in [0.1, 0.15) is 11.6 Å². The molecule has 0 aliphatic carbocycles. The van der Waals surface area contributed by atoms with E-state index >= 15 is 0 Å².